The Hall–Kier alpha value is -2.27. The van der Waals surface area contributed by atoms with Crippen molar-refractivity contribution in [3.8, 4) is 0 Å². The molecule has 3 rings (SSSR count). The Kier molecular flexibility index (Phi) is 4.67. The lowest BCUT2D eigenvalue weighted by molar-refractivity contribution is -0.117. The second-order valence-electron chi connectivity index (χ2n) is 5.50. The van der Waals surface area contributed by atoms with Gasteiger partial charge in [-0.25, -0.2) is 4.79 Å². The van der Waals surface area contributed by atoms with E-state index in [1.54, 1.807) is 0 Å². The largest absolute Gasteiger partial charge is 0.435 e. The first-order valence-corrected chi connectivity index (χ1v) is 8.23. The molecule has 118 valence electrons. The molecule has 0 radical (unpaired) electrons. The average Bonchev–Trinajstić information content (AvgIpc) is 2.91. The molecule has 1 aliphatic rings. The molecule has 2 aromatic rings. The number of nitrogens with one attached hydrogen (secondary N) is 1. The van der Waals surface area contributed by atoms with Crippen LogP contribution in [0.5, 0.6) is 0 Å². The van der Waals surface area contributed by atoms with Crippen molar-refractivity contribution in [1.29, 1.82) is 0 Å². The van der Waals surface area contributed by atoms with E-state index < -0.39 is 12.2 Å². The van der Waals surface area contributed by atoms with Gasteiger partial charge in [0.25, 0.3) is 0 Å². The van der Waals surface area contributed by atoms with Crippen molar-refractivity contribution < 1.29 is 14.3 Å². The second kappa shape index (κ2) is 6.87. The Morgan fingerprint density at radius 2 is 1.83 bits per heavy atom. The molecule has 1 amide bonds. The minimum Gasteiger partial charge on any atom is -0.435 e. The van der Waals surface area contributed by atoms with Gasteiger partial charge in [0.05, 0.1) is 6.04 Å². The molecule has 4 nitrogen and oxygen atoms in total. The van der Waals surface area contributed by atoms with Gasteiger partial charge in [-0.2, -0.15) is 0 Å². The van der Waals surface area contributed by atoms with E-state index in [-0.39, 0.29) is 11.2 Å². The van der Waals surface area contributed by atoms with Gasteiger partial charge in [-0.1, -0.05) is 48.0 Å². The number of alkyl carbamates (subject to hydrolysis) is 1. The summed E-state index contributed by atoms with van der Waals surface area (Å²) in [6, 6.07) is 17.1. The Morgan fingerprint density at radius 3 is 2.52 bits per heavy atom. The smallest absolute Gasteiger partial charge is 0.408 e. The predicted molar refractivity (Wildman–Crippen MR) is 89.4 cm³/mol. The molecule has 1 saturated heterocycles. The summed E-state index contributed by atoms with van der Waals surface area (Å²) in [4.78, 5) is 24.9. The van der Waals surface area contributed by atoms with Gasteiger partial charge in [0.15, 0.2) is 6.10 Å². The number of hydrogen-bond donors (Lipinski definition) is 1. The maximum atomic E-state index is 12.5. The third-order valence-electron chi connectivity index (χ3n) is 3.67. The summed E-state index contributed by atoms with van der Waals surface area (Å²) in [7, 11) is 0. The van der Waals surface area contributed by atoms with Gasteiger partial charge in [0.1, 0.15) is 0 Å². The molecule has 0 aliphatic carbocycles. The van der Waals surface area contributed by atoms with Crippen LogP contribution in [0.2, 0.25) is 0 Å². The molecule has 0 aromatic heterocycles. The van der Waals surface area contributed by atoms with E-state index in [0.29, 0.717) is 6.42 Å². The van der Waals surface area contributed by atoms with Crippen LogP contribution >= 0.6 is 11.8 Å². The van der Waals surface area contributed by atoms with Gasteiger partial charge in [0.2, 0.25) is 5.12 Å². The van der Waals surface area contributed by atoms with Crippen LogP contribution in [0, 0.1) is 6.92 Å². The summed E-state index contributed by atoms with van der Waals surface area (Å²) < 4.78 is 5.18. The van der Waals surface area contributed by atoms with Gasteiger partial charge in [-0.05, 0) is 42.8 Å². The highest BCUT2D eigenvalue weighted by Crippen LogP contribution is 2.26. The number of benzene rings is 2. The summed E-state index contributed by atoms with van der Waals surface area (Å²) in [6.45, 7) is 1.99. The normalized spacial score (nSPS) is 20.0. The van der Waals surface area contributed by atoms with Crippen LogP contribution in [0.15, 0.2) is 59.5 Å². The summed E-state index contributed by atoms with van der Waals surface area (Å²) in [5.41, 5.74) is 2.19. The molecule has 0 saturated carbocycles. The van der Waals surface area contributed by atoms with Crippen molar-refractivity contribution in [3.05, 3.63) is 65.7 Å². The van der Waals surface area contributed by atoms with E-state index >= 15 is 0 Å². The third-order valence-corrected chi connectivity index (χ3v) is 4.61. The van der Waals surface area contributed by atoms with Crippen molar-refractivity contribution >= 4 is 23.0 Å². The zero-order valence-corrected chi connectivity index (χ0v) is 13.5. The number of amides is 1. The zero-order valence-electron chi connectivity index (χ0n) is 12.7. The van der Waals surface area contributed by atoms with Crippen LogP contribution in [0.1, 0.15) is 11.1 Å². The van der Waals surface area contributed by atoms with Crippen molar-refractivity contribution in [2.24, 2.45) is 0 Å². The summed E-state index contributed by atoms with van der Waals surface area (Å²) in [6.07, 6.45) is -0.736. The van der Waals surface area contributed by atoms with Crippen molar-refractivity contribution in [3.63, 3.8) is 0 Å². The Bertz CT molecular complexity index is 700. The lowest BCUT2D eigenvalue weighted by atomic mass is 10.0. The summed E-state index contributed by atoms with van der Waals surface area (Å²) in [5, 5.41) is 2.57. The van der Waals surface area contributed by atoms with Gasteiger partial charge >= 0.3 is 6.09 Å². The topological polar surface area (TPSA) is 55.4 Å². The molecule has 0 spiro atoms. The molecule has 5 heteroatoms. The number of cyclic esters (lactones) is 1. The van der Waals surface area contributed by atoms with Crippen LogP contribution in [-0.2, 0) is 16.0 Å². The maximum Gasteiger partial charge on any atom is 0.408 e. The molecular formula is C18H17NO3S. The number of rotatable bonds is 4. The minimum absolute atomic E-state index is 0.159. The molecule has 1 aliphatic heterocycles. The van der Waals surface area contributed by atoms with Crippen LogP contribution in [-0.4, -0.2) is 23.4 Å². The first kappa shape index (κ1) is 15.6. The molecule has 0 bridgehead atoms. The number of hydrogen-bond acceptors (Lipinski definition) is 4. The van der Waals surface area contributed by atoms with Crippen molar-refractivity contribution in [2.45, 2.75) is 30.4 Å². The van der Waals surface area contributed by atoms with E-state index in [9.17, 15) is 9.59 Å². The Morgan fingerprint density at radius 1 is 1.13 bits per heavy atom. The lowest BCUT2D eigenvalue weighted by Crippen LogP contribution is -2.37. The second-order valence-corrected chi connectivity index (χ2v) is 6.58. The molecule has 2 atom stereocenters. The minimum atomic E-state index is -0.769. The Balaban J connectivity index is 1.70. The monoisotopic (exact) mass is 327 g/mol. The van der Waals surface area contributed by atoms with E-state index in [1.807, 2.05) is 61.5 Å². The highest BCUT2D eigenvalue weighted by Gasteiger charge is 2.39. The highest BCUT2D eigenvalue weighted by atomic mass is 32.2. The van der Waals surface area contributed by atoms with Crippen LogP contribution in [0.3, 0.4) is 0 Å². The van der Waals surface area contributed by atoms with Crippen LogP contribution < -0.4 is 5.32 Å². The van der Waals surface area contributed by atoms with Crippen LogP contribution in [0.25, 0.3) is 0 Å². The van der Waals surface area contributed by atoms with Gasteiger partial charge < -0.3 is 10.1 Å². The fourth-order valence-electron chi connectivity index (χ4n) is 2.48. The number of ether oxygens (including phenoxy) is 1. The number of carbonyl (C=O) groups is 2. The highest BCUT2D eigenvalue weighted by molar-refractivity contribution is 8.13. The first-order valence-electron chi connectivity index (χ1n) is 7.41. The molecule has 1 N–H and O–H groups in total. The molecular weight excluding hydrogens is 310 g/mol. The van der Waals surface area contributed by atoms with Crippen molar-refractivity contribution in [2.75, 3.05) is 0 Å². The fraction of sp³-hybridized carbons (Fsp3) is 0.222. The standard InChI is InChI=1S/C18H17NO3S/c1-12-7-9-14(10-8-12)23-17(20)16-15(19-18(21)22-16)11-13-5-3-2-4-6-13/h2-10,15-16H,11H2,1H3,(H,19,21)/t15-,16-/m0/s1. The molecule has 23 heavy (non-hydrogen) atoms. The summed E-state index contributed by atoms with van der Waals surface area (Å²) >= 11 is 1.11. The number of carbonyl (C=O) groups excluding carboxylic acids is 2. The lowest BCUT2D eigenvalue weighted by Gasteiger charge is -2.15. The fourth-order valence-corrected chi connectivity index (χ4v) is 3.31. The van der Waals surface area contributed by atoms with Crippen molar-refractivity contribution in [1.82, 2.24) is 5.32 Å². The van der Waals surface area contributed by atoms with Gasteiger partial charge in [0, 0.05) is 4.90 Å². The molecule has 1 fully saturated rings. The number of thioether (sulfide) groups is 1. The van der Waals surface area contributed by atoms with Crippen LogP contribution in [0.4, 0.5) is 4.79 Å². The van der Waals surface area contributed by atoms with E-state index in [4.69, 9.17) is 4.74 Å². The van der Waals surface area contributed by atoms with E-state index in [1.165, 1.54) is 0 Å². The first-order chi connectivity index (χ1) is 11.1. The van der Waals surface area contributed by atoms with Gasteiger partial charge in [-0.3, -0.25) is 4.79 Å². The van der Waals surface area contributed by atoms with Gasteiger partial charge in [-0.15, -0.1) is 0 Å². The Labute approximate surface area is 139 Å². The zero-order chi connectivity index (χ0) is 16.2. The average molecular weight is 327 g/mol. The van der Waals surface area contributed by atoms with E-state index in [0.717, 1.165) is 27.8 Å². The molecule has 1 heterocycles. The third kappa shape index (κ3) is 3.93. The molecule has 2 aromatic carbocycles. The number of aryl methyl sites for hydroxylation is 1. The summed E-state index contributed by atoms with van der Waals surface area (Å²) in [5.74, 6) is 0. The predicted octanol–water partition coefficient (Wildman–Crippen LogP) is 3.33. The maximum absolute atomic E-state index is 12.5. The molecule has 0 unspecified atom stereocenters. The SMILES string of the molecule is Cc1ccc(SC(=O)[C@H]2OC(=O)N[C@H]2Cc2ccccc2)cc1. The quantitative estimate of drug-likeness (QED) is 0.875. The van der Waals surface area contributed by atoms with E-state index in [2.05, 4.69) is 5.32 Å².